The Morgan fingerprint density at radius 3 is 2.50 bits per heavy atom. The normalized spacial score (nSPS) is 11.0. The molecule has 2 aromatic carbocycles. The van der Waals surface area contributed by atoms with Crippen molar-refractivity contribution in [3.8, 4) is 28.3 Å². The molecule has 3 heterocycles. The van der Waals surface area contributed by atoms with E-state index in [1.165, 1.54) is 11.3 Å². The fourth-order valence-electron chi connectivity index (χ4n) is 3.20. The molecule has 5 aromatic rings. The highest BCUT2D eigenvalue weighted by molar-refractivity contribution is 7.15. The fourth-order valence-corrected chi connectivity index (χ4v) is 4.03. The van der Waals surface area contributed by atoms with E-state index < -0.39 is 0 Å². The van der Waals surface area contributed by atoms with Crippen LogP contribution in [-0.4, -0.2) is 31.7 Å². The summed E-state index contributed by atoms with van der Waals surface area (Å²) in [5, 5.41) is 9.90. The highest BCUT2D eigenvalue weighted by atomic mass is 32.1. The summed E-state index contributed by atoms with van der Waals surface area (Å²) >= 11 is 1.54. The van der Waals surface area contributed by atoms with E-state index in [0.717, 1.165) is 33.2 Å². The number of hydrogen-bond acceptors (Lipinski definition) is 7. The third-order valence-corrected chi connectivity index (χ3v) is 5.43. The molecule has 8 heteroatoms. The lowest BCUT2D eigenvalue weighted by Crippen LogP contribution is -2.00. The van der Waals surface area contributed by atoms with Crippen molar-refractivity contribution < 1.29 is 4.74 Å². The number of hydrogen-bond donors (Lipinski definition) is 1. The van der Waals surface area contributed by atoms with Crippen LogP contribution in [0.1, 0.15) is 5.82 Å². The van der Waals surface area contributed by atoms with Gasteiger partial charge in [0.25, 0.3) is 0 Å². The molecule has 0 unspecified atom stereocenters. The third-order valence-electron chi connectivity index (χ3n) is 4.61. The van der Waals surface area contributed by atoms with Gasteiger partial charge in [-0.15, -0.1) is 16.4 Å². The number of rotatable bonds is 5. The lowest BCUT2D eigenvalue weighted by Gasteiger charge is -2.06. The molecule has 0 aliphatic rings. The summed E-state index contributed by atoms with van der Waals surface area (Å²) in [5.41, 5.74) is 3.90. The molecule has 0 saturated heterocycles. The Morgan fingerprint density at radius 1 is 0.933 bits per heavy atom. The van der Waals surface area contributed by atoms with Crippen LogP contribution in [0, 0.1) is 6.92 Å². The van der Waals surface area contributed by atoms with Crippen LogP contribution in [0.5, 0.6) is 5.75 Å². The molecule has 7 nitrogen and oxygen atoms in total. The van der Waals surface area contributed by atoms with E-state index in [2.05, 4.69) is 25.4 Å². The first-order valence-corrected chi connectivity index (χ1v) is 10.2. The van der Waals surface area contributed by atoms with Gasteiger partial charge in [-0.25, -0.2) is 14.5 Å². The maximum absolute atomic E-state index is 5.24. The van der Waals surface area contributed by atoms with E-state index >= 15 is 0 Å². The number of ether oxygens (including phenoxy) is 1. The van der Waals surface area contributed by atoms with Crippen LogP contribution < -0.4 is 10.1 Å². The molecule has 0 radical (unpaired) electrons. The standard InChI is InChI=1S/C22H18N6OS/c1-14-23-18(15-6-4-3-5-7-15)12-20(24-14)25-21-26-22-28(27-21)19(13-30-22)16-8-10-17(29-2)11-9-16/h3-13H,1-2H3,(H,23,24,25,27). The molecule has 0 bridgehead atoms. The molecular formula is C22H18N6OS. The van der Waals surface area contributed by atoms with Crippen LogP contribution in [0.2, 0.25) is 0 Å². The molecular weight excluding hydrogens is 396 g/mol. The molecule has 1 N–H and O–H groups in total. The van der Waals surface area contributed by atoms with Gasteiger partial charge in [-0.1, -0.05) is 30.3 Å². The summed E-state index contributed by atoms with van der Waals surface area (Å²) < 4.78 is 7.08. The third kappa shape index (κ3) is 3.48. The fraction of sp³-hybridized carbons (Fsp3) is 0.0909. The van der Waals surface area contributed by atoms with E-state index in [1.807, 2.05) is 77.5 Å². The molecule has 0 fully saturated rings. The Kier molecular flexibility index (Phi) is 4.61. The van der Waals surface area contributed by atoms with Gasteiger partial charge < -0.3 is 10.1 Å². The van der Waals surface area contributed by atoms with Crippen molar-refractivity contribution in [3.05, 3.63) is 71.9 Å². The second-order valence-electron chi connectivity index (χ2n) is 6.66. The maximum Gasteiger partial charge on any atom is 0.249 e. The summed E-state index contributed by atoms with van der Waals surface area (Å²) in [5.74, 6) is 2.65. The van der Waals surface area contributed by atoms with E-state index in [1.54, 1.807) is 7.11 Å². The van der Waals surface area contributed by atoms with Crippen molar-refractivity contribution >= 4 is 28.1 Å². The van der Waals surface area contributed by atoms with Crippen molar-refractivity contribution in [3.63, 3.8) is 0 Å². The van der Waals surface area contributed by atoms with Crippen molar-refractivity contribution in [2.24, 2.45) is 0 Å². The second-order valence-corrected chi connectivity index (χ2v) is 7.49. The smallest absolute Gasteiger partial charge is 0.249 e. The minimum absolute atomic E-state index is 0.494. The number of aryl methyl sites for hydroxylation is 1. The zero-order valence-electron chi connectivity index (χ0n) is 16.4. The molecule has 3 aromatic heterocycles. The Labute approximate surface area is 177 Å². The Bertz CT molecular complexity index is 1310. The predicted molar refractivity (Wildman–Crippen MR) is 118 cm³/mol. The largest absolute Gasteiger partial charge is 0.497 e. The van der Waals surface area contributed by atoms with E-state index in [9.17, 15) is 0 Å². The van der Waals surface area contributed by atoms with Gasteiger partial charge in [0.1, 0.15) is 17.4 Å². The van der Waals surface area contributed by atoms with Crippen molar-refractivity contribution in [2.45, 2.75) is 6.92 Å². The van der Waals surface area contributed by atoms with Gasteiger partial charge in [0.2, 0.25) is 10.9 Å². The first-order valence-electron chi connectivity index (χ1n) is 9.36. The number of nitrogens with one attached hydrogen (secondary N) is 1. The lowest BCUT2D eigenvalue weighted by atomic mass is 10.1. The summed E-state index contributed by atoms with van der Waals surface area (Å²) in [7, 11) is 1.66. The van der Waals surface area contributed by atoms with Crippen molar-refractivity contribution in [1.29, 1.82) is 0 Å². The van der Waals surface area contributed by atoms with Crippen molar-refractivity contribution in [1.82, 2.24) is 24.6 Å². The molecule has 0 spiro atoms. The van der Waals surface area contributed by atoms with E-state index in [4.69, 9.17) is 4.74 Å². The minimum Gasteiger partial charge on any atom is -0.497 e. The minimum atomic E-state index is 0.494. The average molecular weight is 414 g/mol. The summed E-state index contributed by atoms with van der Waals surface area (Å²) in [4.78, 5) is 14.4. The molecule has 0 aliphatic heterocycles. The second kappa shape index (κ2) is 7.57. The zero-order valence-corrected chi connectivity index (χ0v) is 17.2. The zero-order chi connectivity index (χ0) is 20.5. The van der Waals surface area contributed by atoms with Gasteiger partial charge in [0, 0.05) is 22.6 Å². The molecule has 30 heavy (non-hydrogen) atoms. The van der Waals surface area contributed by atoms with Crippen LogP contribution >= 0.6 is 11.3 Å². The van der Waals surface area contributed by atoms with Gasteiger partial charge in [-0.3, -0.25) is 0 Å². The summed E-state index contributed by atoms with van der Waals surface area (Å²) in [6, 6.07) is 19.8. The number of thiazole rings is 1. The van der Waals surface area contributed by atoms with Gasteiger partial charge in [-0.05, 0) is 31.2 Å². The summed E-state index contributed by atoms with van der Waals surface area (Å²) in [6.45, 7) is 1.87. The molecule has 148 valence electrons. The van der Waals surface area contributed by atoms with E-state index in [0.29, 0.717) is 17.6 Å². The lowest BCUT2D eigenvalue weighted by molar-refractivity contribution is 0.415. The quantitative estimate of drug-likeness (QED) is 0.437. The Balaban J connectivity index is 1.46. The number of aromatic nitrogens is 5. The number of anilines is 2. The predicted octanol–water partition coefficient (Wildman–Crippen LogP) is 4.98. The number of methoxy groups -OCH3 is 1. The average Bonchev–Trinajstić information content (AvgIpc) is 3.34. The highest BCUT2D eigenvalue weighted by Gasteiger charge is 2.13. The SMILES string of the molecule is COc1ccc(-c2csc3nc(Nc4cc(-c5ccccc5)nc(C)n4)nn23)cc1. The molecule has 0 atom stereocenters. The van der Waals surface area contributed by atoms with Crippen LogP contribution in [0.3, 0.4) is 0 Å². The molecule has 0 saturated carbocycles. The number of benzene rings is 2. The van der Waals surface area contributed by atoms with Crippen LogP contribution in [0.25, 0.3) is 27.5 Å². The topological polar surface area (TPSA) is 77.2 Å². The van der Waals surface area contributed by atoms with Crippen LogP contribution in [0.15, 0.2) is 66.0 Å². The van der Waals surface area contributed by atoms with Crippen LogP contribution in [0.4, 0.5) is 11.8 Å². The van der Waals surface area contributed by atoms with Gasteiger partial charge in [-0.2, -0.15) is 4.98 Å². The van der Waals surface area contributed by atoms with E-state index in [-0.39, 0.29) is 0 Å². The summed E-state index contributed by atoms with van der Waals surface area (Å²) in [6.07, 6.45) is 0. The highest BCUT2D eigenvalue weighted by Crippen LogP contribution is 2.28. The maximum atomic E-state index is 5.24. The van der Waals surface area contributed by atoms with Crippen LogP contribution in [-0.2, 0) is 0 Å². The monoisotopic (exact) mass is 414 g/mol. The van der Waals surface area contributed by atoms with Gasteiger partial charge in [0.15, 0.2) is 0 Å². The Morgan fingerprint density at radius 2 is 1.73 bits per heavy atom. The molecule has 0 aliphatic carbocycles. The van der Waals surface area contributed by atoms with Gasteiger partial charge >= 0.3 is 0 Å². The Hall–Kier alpha value is -3.78. The van der Waals surface area contributed by atoms with Gasteiger partial charge in [0.05, 0.1) is 18.5 Å². The number of nitrogens with zero attached hydrogens (tertiary/aromatic N) is 5. The first-order chi connectivity index (χ1) is 14.7. The van der Waals surface area contributed by atoms with Crippen molar-refractivity contribution in [2.75, 3.05) is 12.4 Å². The molecule has 5 rings (SSSR count). The first kappa shape index (κ1) is 18.3. The molecule has 0 amide bonds. The number of fused-ring (bicyclic) bond motifs is 1.